The summed E-state index contributed by atoms with van der Waals surface area (Å²) in [6.07, 6.45) is 0. The van der Waals surface area contributed by atoms with Crippen LogP contribution in [0.3, 0.4) is 0 Å². The highest BCUT2D eigenvalue weighted by Gasteiger charge is 2.15. The summed E-state index contributed by atoms with van der Waals surface area (Å²) in [4.78, 5) is -0.337. The van der Waals surface area contributed by atoms with Crippen molar-refractivity contribution in [1.82, 2.24) is 0 Å². The molecule has 0 aliphatic rings. The minimum Gasteiger partial charge on any atom is -0.504 e. The van der Waals surface area contributed by atoms with E-state index < -0.39 is 21.6 Å². The third-order valence-electron chi connectivity index (χ3n) is 2.12. The number of hydrogen-bond acceptors (Lipinski definition) is 4. The van der Waals surface area contributed by atoms with Crippen LogP contribution in [0.15, 0.2) is 29.2 Å². The monoisotopic (exact) mass is 239 g/mol. The third-order valence-corrected chi connectivity index (χ3v) is 3.03. The molecule has 0 aromatic heterocycles. The molecule has 0 atom stereocenters. The van der Waals surface area contributed by atoms with Crippen molar-refractivity contribution in [2.45, 2.75) is 4.90 Å². The molecule has 2 rings (SSSR count). The zero-order valence-electron chi connectivity index (χ0n) is 7.88. The van der Waals surface area contributed by atoms with E-state index in [1.54, 1.807) is 0 Å². The highest BCUT2D eigenvalue weighted by atomic mass is 32.2. The minimum atomic E-state index is -4.37. The van der Waals surface area contributed by atoms with Crippen LogP contribution in [-0.2, 0) is 10.1 Å². The quantitative estimate of drug-likeness (QED) is 0.515. The van der Waals surface area contributed by atoms with E-state index in [9.17, 15) is 18.6 Å². The first-order valence-corrected chi connectivity index (χ1v) is 5.68. The molecule has 5 nitrogen and oxygen atoms in total. The Morgan fingerprint density at radius 1 is 1.19 bits per heavy atom. The van der Waals surface area contributed by atoms with E-state index in [-0.39, 0.29) is 15.7 Å². The van der Waals surface area contributed by atoms with Crippen molar-refractivity contribution in [3.05, 3.63) is 30.3 Å². The van der Waals surface area contributed by atoms with Gasteiger partial charge < -0.3 is 10.2 Å². The molecule has 0 saturated carbocycles. The number of fused-ring (bicyclic) bond motifs is 1. The summed E-state index contributed by atoms with van der Waals surface area (Å²) in [6.45, 7) is 0. The maximum absolute atomic E-state index is 11.0. The predicted molar refractivity (Wildman–Crippen MR) is 55.9 cm³/mol. The molecule has 6 heteroatoms. The van der Waals surface area contributed by atoms with Crippen LogP contribution < -0.4 is 0 Å². The van der Waals surface area contributed by atoms with Gasteiger partial charge >= 0.3 is 0 Å². The predicted octanol–water partition coefficient (Wildman–Crippen LogP) is 1.30. The molecular weight excluding hydrogens is 232 g/mol. The van der Waals surface area contributed by atoms with E-state index in [0.29, 0.717) is 0 Å². The van der Waals surface area contributed by atoms with E-state index in [1.165, 1.54) is 18.2 Å². The molecule has 0 spiro atoms. The molecule has 0 aliphatic carbocycles. The Morgan fingerprint density at radius 2 is 1.88 bits per heavy atom. The zero-order chi connectivity index (χ0) is 11.9. The third kappa shape index (κ3) is 1.68. The molecule has 16 heavy (non-hydrogen) atoms. The number of hydrogen-bond donors (Lipinski definition) is 3. The van der Waals surface area contributed by atoms with Crippen molar-refractivity contribution in [1.29, 1.82) is 0 Å². The number of phenolic OH excluding ortho intramolecular Hbond substituents is 2. The van der Waals surface area contributed by atoms with Gasteiger partial charge in [0.15, 0.2) is 11.5 Å². The molecular formula is C10H7O5S. The van der Waals surface area contributed by atoms with Gasteiger partial charge in [0.1, 0.15) is 4.90 Å². The Hall–Kier alpha value is -1.79. The number of benzene rings is 2. The molecule has 0 fully saturated rings. The first kappa shape index (κ1) is 10.7. The van der Waals surface area contributed by atoms with Crippen LogP contribution in [-0.4, -0.2) is 23.2 Å². The Morgan fingerprint density at radius 3 is 2.50 bits per heavy atom. The maximum Gasteiger partial charge on any atom is 0.295 e. The molecule has 0 unspecified atom stereocenters. The molecule has 0 amide bonds. The van der Waals surface area contributed by atoms with Gasteiger partial charge in [-0.2, -0.15) is 8.42 Å². The Kier molecular flexibility index (Phi) is 2.25. The van der Waals surface area contributed by atoms with E-state index in [1.807, 2.05) is 0 Å². The van der Waals surface area contributed by atoms with Gasteiger partial charge in [0.05, 0.1) is 0 Å². The first-order valence-electron chi connectivity index (χ1n) is 4.24. The van der Waals surface area contributed by atoms with Crippen molar-refractivity contribution < 1.29 is 23.2 Å². The lowest BCUT2D eigenvalue weighted by Crippen LogP contribution is -1.98. The fourth-order valence-electron chi connectivity index (χ4n) is 1.42. The smallest absolute Gasteiger partial charge is 0.295 e. The van der Waals surface area contributed by atoms with Crippen molar-refractivity contribution in [3.63, 3.8) is 0 Å². The summed E-state index contributed by atoms with van der Waals surface area (Å²) in [7, 11) is -4.37. The average Bonchev–Trinajstić information content (AvgIpc) is 2.17. The van der Waals surface area contributed by atoms with Crippen LogP contribution in [0.4, 0.5) is 0 Å². The van der Waals surface area contributed by atoms with E-state index in [2.05, 4.69) is 6.07 Å². The van der Waals surface area contributed by atoms with E-state index in [4.69, 9.17) is 4.55 Å². The van der Waals surface area contributed by atoms with Gasteiger partial charge in [0.2, 0.25) is 0 Å². The second-order valence-corrected chi connectivity index (χ2v) is 4.59. The summed E-state index contributed by atoms with van der Waals surface area (Å²) in [5, 5.41) is 18.8. The van der Waals surface area contributed by atoms with Gasteiger partial charge in [-0.15, -0.1) is 0 Å². The van der Waals surface area contributed by atoms with Gasteiger partial charge in [-0.3, -0.25) is 4.55 Å². The molecule has 0 bridgehead atoms. The minimum absolute atomic E-state index is 0.0975. The Labute approximate surface area is 91.3 Å². The SMILES string of the molecule is O=S(=O)(O)c1cccc2[c]c(O)c(O)cc12. The lowest BCUT2D eigenvalue weighted by atomic mass is 10.1. The second kappa shape index (κ2) is 3.36. The highest BCUT2D eigenvalue weighted by molar-refractivity contribution is 7.86. The van der Waals surface area contributed by atoms with Crippen LogP contribution in [0.5, 0.6) is 11.5 Å². The van der Waals surface area contributed by atoms with Gasteiger partial charge in [-0.05, 0) is 17.5 Å². The van der Waals surface area contributed by atoms with Crippen LogP contribution in [0.1, 0.15) is 0 Å². The fraction of sp³-hybridized carbons (Fsp3) is 0. The summed E-state index contributed by atoms with van der Waals surface area (Å²) in [5.74, 6) is -0.969. The van der Waals surface area contributed by atoms with Crippen LogP contribution in [0.2, 0.25) is 0 Å². The van der Waals surface area contributed by atoms with Crippen molar-refractivity contribution in [3.8, 4) is 11.5 Å². The largest absolute Gasteiger partial charge is 0.504 e. The summed E-state index contributed by atoms with van der Waals surface area (Å²) >= 11 is 0. The van der Waals surface area contributed by atoms with E-state index >= 15 is 0 Å². The van der Waals surface area contributed by atoms with Crippen molar-refractivity contribution in [2.75, 3.05) is 0 Å². The highest BCUT2D eigenvalue weighted by Crippen LogP contribution is 2.32. The number of rotatable bonds is 1. The van der Waals surface area contributed by atoms with Crippen LogP contribution in [0, 0.1) is 6.07 Å². The lowest BCUT2D eigenvalue weighted by molar-refractivity contribution is 0.404. The van der Waals surface area contributed by atoms with Crippen molar-refractivity contribution >= 4 is 20.9 Å². The average molecular weight is 239 g/mol. The summed E-state index contributed by atoms with van der Waals surface area (Å²) in [6, 6.07) is 7.56. The standard InChI is InChI=1S/C10H7O5S/c11-8-4-6-2-1-3-10(16(13,14)15)7(6)5-9(8)12/h1-3,5,11-12H,(H,13,14,15). The molecule has 83 valence electrons. The van der Waals surface area contributed by atoms with Crippen LogP contribution >= 0.6 is 0 Å². The molecule has 2 aromatic carbocycles. The topological polar surface area (TPSA) is 94.8 Å². The van der Waals surface area contributed by atoms with Gasteiger partial charge in [0, 0.05) is 11.5 Å². The van der Waals surface area contributed by atoms with E-state index in [0.717, 1.165) is 6.07 Å². The van der Waals surface area contributed by atoms with Crippen LogP contribution in [0.25, 0.3) is 10.8 Å². The Bertz CT molecular complexity index is 660. The normalized spacial score (nSPS) is 11.8. The maximum atomic E-state index is 11.0. The van der Waals surface area contributed by atoms with Gasteiger partial charge in [-0.25, -0.2) is 0 Å². The zero-order valence-corrected chi connectivity index (χ0v) is 8.69. The molecule has 2 aromatic rings. The summed E-state index contributed by atoms with van der Waals surface area (Å²) < 4.78 is 31.0. The summed E-state index contributed by atoms with van der Waals surface area (Å²) in [5.41, 5.74) is 0. The Balaban J connectivity index is 2.93. The molecule has 0 aliphatic heterocycles. The molecule has 1 radical (unpaired) electrons. The molecule has 0 heterocycles. The number of phenols is 2. The lowest BCUT2D eigenvalue weighted by Gasteiger charge is -2.05. The first-order chi connectivity index (χ1) is 7.39. The second-order valence-electron chi connectivity index (χ2n) is 3.20. The number of aromatic hydroxyl groups is 2. The molecule has 3 N–H and O–H groups in total. The molecule has 0 saturated heterocycles. The van der Waals surface area contributed by atoms with Crippen molar-refractivity contribution in [2.24, 2.45) is 0 Å². The fourth-order valence-corrected chi connectivity index (χ4v) is 2.12. The van der Waals surface area contributed by atoms with Gasteiger partial charge in [-0.1, -0.05) is 12.1 Å². The van der Waals surface area contributed by atoms with Gasteiger partial charge in [0.25, 0.3) is 10.1 Å².